The monoisotopic (exact) mass is 240 g/mol. The number of aliphatic hydroxyl groups excluding tert-OH is 1. The van der Waals surface area contributed by atoms with Crippen LogP contribution in [0.15, 0.2) is 18.2 Å². The van der Waals surface area contributed by atoms with Gasteiger partial charge in [-0.1, -0.05) is 11.6 Å². The maximum atomic E-state index is 9.44. The van der Waals surface area contributed by atoms with Crippen LogP contribution in [0, 0.1) is 11.3 Å². The molecule has 0 saturated carbocycles. The predicted molar refractivity (Wildman–Crippen MR) is 62.5 cm³/mol. The fourth-order valence-electron chi connectivity index (χ4n) is 1.24. The molecule has 1 aromatic carbocycles. The Hall–Kier alpha value is -1.28. The van der Waals surface area contributed by atoms with Crippen molar-refractivity contribution in [1.82, 2.24) is 0 Å². The van der Waals surface area contributed by atoms with Crippen LogP contribution < -0.4 is 5.32 Å². The second-order valence-electron chi connectivity index (χ2n) is 3.29. The highest BCUT2D eigenvalue weighted by molar-refractivity contribution is 6.30. The van der Waals surface area contributed by atoms with Gasteiger partial charge in [-0.15, -0.1) is 0 Å². The third-order valence-corrected chi connectivity index (χ3v) is 2.22. The molecule has 0 heterocycles. The Morgan fingerprint density at radius 2 is 2.38 bits per heavy atom. The first kappa shape index (κ1) is 12.8. The molecule has 0 aromatic heterocycles. The van der Waals surface area contributed by atoms with Gasteiger partial charge in [-0.3, -0.25) is 0 Å². The lowest BCUT2D eigenvalue weighted by molar-refractivity contribution is 0.0727. The van der Waals surface area contributed by atoms with Crippen molar-refractivity contribution in [3.05, 3.63) is 28.8 Å². The second kappa shape index (κ2) is 6.33. The molecule has 1 unspecified atom stereocenters. The molecule has 1 atom stereocenters. The van der Waals surface area contributed by atoms with Gasteiger partial charge in [0.25, 0.3) is 0 Å². The fraction of sp³-hybridized carbons (Fsp3) is 0.364. The lowest BCUT2D eigenvalue weighted by Gasteiger charge is -2.12. The summed E-state index contributed by atoms with van der Waals surface area (Å²) in [7, 11) is 1.52. The van der Waals surface area contributed by atoms with Gasteiger partial charge >= 0.3 is 0 Å². The zero-order valence-electron chi connectivity index (χ0n) is 8.90. The summed E-state index contributed by atoms with van der Waals surface area (Å²) in [5.74, 6) is 0. The lowest BCUT2D eigenvalue weighted by Crippen LogP contribution is -2.24. The maximum absolute atomic E-state index is 9.44. The number of nitrogens with zero attached hydrogens (tertiary/aromatic N) is 1. The molecule has 1 rings (SSSR count). The van der Waals surface area contributed by atoms with Crippen LogP contribution in [0.5, 0.6) is 0 Å². The van der Waals surface area contributed by atoms with Crippen LogP contribution >= 0.6 is 11.6 Å². The Morgan fingerprint density at radius 3 is 3.00 bits per heavy atom. The van der Waals surface area contributed by atoms with Gasteiger partial charge in [0.15, 0.2) is 0 Å². The summed E-state index contributed by atoms with van der Waals surface area (Å²) in [5, 5.41) is 21.8. The molecule has 2 N–H and O–H groups in total. The number of hydrogen-bond acceptors (Lipinski definition) is 4. The summed E-state index contributed by atoms with van der Waals surface area (Å²) < 4.78 is 4.79. The van der Waals surface area contributed by atoms with Crippen LogP contribution in [0.2, 0.25) is 5.02 Å². The van der Waals surface area contributed by atoms with Gasteiger partial charge < -0.3 is 15.2 Å². The number of benzene rings is 1. The highest BCUT2D eigenvalue weighted by atomic mass is 35.5. The minimum absolute atomic E-state index is 0.245. The van der Waals surface area contributed by atoms with Crippen LogP contribution in [-0.4, -0.2) is 31.5 Å². The van der Waals surface area contributed by atoms with Crippen molar-refractivity contribution in [2.75, 3.05) is 25.6 Å². The molecule has 0 amide bonds. The van der Waals surface area contributed by atoms with Gasteiger partial charge in [0.1, 0.15) is 6.07 Å². The van der Waals surface area contributed by atoms with Crippen molar-refractivity contribution in [2.24, 2.45) is 0 Å². The first-order valence-electron chi connectivity index (χ1n) is 4.78. The molecular weight excluding hydrogens is 228 g/mol. The number of methoxy groups -OCH3 is 1. The average Bonchev–Trinajstić information content (AvgIpc) is 2.27. The average molecular weight is 241 g/mol. The third kappa shape index (κ3) is 3.70. The number of ether oxygens (including phenoxy) is 1. The summed E-state index contributed by atoms with van der Waals surface area (Å²) in [6, 6.07) is 6.98. The van der Waals surface area contributed by atoms with Gasteiger partial charge in [0, 0.05) is 18.7 Å². The second-order valence-corrected chi connectivity index (χ2v) is 3.73. The number of nitrogens with one attached hydrogen (secondary N) is 1. The molecule has 0 spiro atoms. The van der Waals surface area contributed by atoms with Gasteiger partial charge in [-0.05, 0) is 18.2 Å². The van der Waals surface area contributed by atoms with Crippen molar-refractivity contribution in [2.45, 2.75) is 6.10 Å². The van der Waals surface area contributed by atoms with E-state index in [1.54, 1.807) is 18.2 Å². The zero-order chi connectivity index (χ0) is 12.0. The van der Waals surface area contributed by atoms with Crippen LogP contribution in [0.1, 0.15) is 5.56 Å². The topological polar surface area (TPSA) is 65.3 Å². The molecule has 5 heteroatoms. The van der Waals surface area contributed by atoms with Crippen molar-refractivity contribution < 1.29 is 9.84 Å². The van der Waals surface area contributed by atoms with E-state index in [9.17, 15) is 5.11 Å². The Labute approximate surface area is 99.4 Å². The number of aliphatic hydroxyl groups is 1. The molecule has 0 aliphatic heterocycles. The molecular formula is C11H13ClN2O2. The van der Waals surface area contributed by atoms with E-state index in [0.29, 0.717) is 22.8 Å². The molecule has 0 aliphatic rings. The predicted octanol–water partition coefficient (Wildman–Crippen LogP) is 1.63. The zero-order valence-corrected chi connectivity index (χ0v) is 9.66. The molecule has 4 nitrogen and oxygen atoms in total. The summed E-state index contributed by atoms with van der Waals surface area (Å²) in [4.78, 5) is 0. The quantitative estimate of drug-likeness (QED) is 0.821. The van der Waals surface area contributed by atoms with Crippen molar-refractivity contribution in [3.63, 3.8) is 0 Å². The first-order chi connectivity index (χ1) is 7.67. The minimum Gasteiger partial charge on any atom is -0.389 e. The molecule has 0 fully saturated rings. The van der Waals surface area contributed by atoms with E-state index in [-0.39, 0.29) is 6.61 Å². The Bertz CT molecular complexity index is 390. The molecule has 0 radical (unpaired) electrons. The lowest BCUT2D eigenvalue weighted by atomic mass is 10.2. The van der Waals surface area contributed by atoms with Gasteiger partial charge in [-0.2, -0.15) is 5.26 Å². The summed E-state index contributed by atoms with van der Waals surface area (Å²) in [5.41, 5.74) is 1.11. The first-order valence-corrected chi connectivity index (χ1v) is 5.15. The van der Waals surface area contributed by atoms with Gasteiger partial charge in [0.2, 0.25) is 0 Å². The van der Waals surface area contributed by atoms with Crippen molar-refractivity contribution >= 4 is 17.3 Å². The van der Waals surface area contributed by atoms with E-state index in [0.717, 1.165) is 0 Å². The normalized spacial score (nSPS) is 11.9. The Balaban J connectivity index is 2.66. The van der Waals surface area contributed by atoms with Crippen LogP contribution in [0.4, 0.5) is 5.69 Å². The smallest absolute Gasteiger partial charge is 0.101 e. The molecule has 0 aliphatic carbocycles. The molecule has 0 bridgehead atoms. The molecule has 0 saturated heterocycles. The highest BCUT2D eigenvalue weighted by Gasteiger charge is 2.06. The number of halogens is 1. The summed E-state index contributed by atoms with van der Waals surface area (Å²) >= 11 is 5.81. The third-order valence-electron chi connectivity index (χ3n) is 1.99. The Morgan fingerprint density at radius 1 is 1.62 bits per heavy atom. The van der Waals surface area contributed by atoms with E-state index >= 15 is 0 Å². The van der Waals surface area contributed by atoms with Crippen LogP contribution in [-0.2, 0) is 4.74 Å². The number of rotatable bonds is 5. The number of nitriles is 1. The molecule has 16 heavy (non-hydrogen) atoms. The minimum atomic E-state index is -0.615. The maximum Gasteiger partial charge on any atom is 0.101 e. The fourth-order valence-corrected chi connectivity index (χ4v) is 1.41. The Kier molecular flexibility index (Phi) is 5.06. The van der Waals surface area contributed by atoms with Crippen LogP contribution in [0.3, 0.4) is 0 Å². The van der Waals surface area contributed by atoms with E-state index < -0.39 is 6.10 Å². The van der Waals surface area contributed by atoms with E-state index in [1.165, 1.54) is 7.11 Å². The summed E-state index contributed by atoms with van der Waals surface area (Å²) in [6.07, 6.45) is -0.615. The van der Waals surface area contributed by atoms with Gasteiger partial charge in [0.05, 0.1) is 24.0 Å². The summed E-state index contributed by atoms with van der Waals surface area (Å²) in [6.45, 7) is 0.554. The SMILES string of the molecule is COCC(O)CNc1cc(Cl)ccc1C#N. The molecule has 1 aromatic rings. The van der Waals surface area contributed by atoms with E-state index in [4.69, 9.17) is 21.6 Å². The highest BCUT2D eigenvalue weighted by Crippen LogP contribution is 2.20. The molecule has 86 valence electrons. The van der Waals surface area contributed by atoms with Crippen molar-refractivity contribution in [1.29, 1.82) is 5.26 Å². The van der Waals surface area contributed by atoms with Crippen molar-refractivity contribution in [3.8, 4) is 6.07 Å². The number of anilines is 1. The number of hydrogen-bond donors (Lipinski definition) is 2. The largest absolute Gasteiger partial charge is 0.389 e. The van der Waals surface area contributed by atoms with Gasteiger partial charge in [-0.25, -0.2) is 0 Å². The van der Waals surface area contributed by atoms with Crippen LogP contribution in [0.25, 0.3) is 0 Å². The standard InChI is InChI=1S/C11H13ClN2O2/c1-16-7-10(15)6-14-11-4-9(12)3-2-8(11)5-13/h2-4,10,14-15H,6-7H2,1H3. The van der Waals surface area contributed by atoms with E-state index in [2.05, 4.69) is 5.32 Å². The van der Waals surface area contributed by atoms with E-state index in [1.807, 2.05) is 6.07 Å².